The number of benzene rings is 1. The van der Waals surface area contributed by atoms with Gasteiger partial charge < -0.3 is 9.52 Å². The molecule has 0 amide bonds. The highest BCUT2D eigenvalue weighted by Gasteiger charge is 2.08. The molecule has 1 aromatic heterocycles. The summed E-state index contributed by atoms with van der Waals surface area (Å²) in [4.78, 5) is 3.88. The van der Waals surface area contributed by atoms with Gasteiger partial charge in [-0.2, -0.15) is 0 Å². The highest BCUT2D eigenvalue weighted by atomic mass is 35.5. The molecule has 2 rings (SSSR count). The lowest BCUT2D eigenvalue weighted by Crippen LogP contribution is -1.86. The Labute approximate surface area is 86.0 Å². The number of nitrogens with zero attached hydrogens (tertiary/aromatic N) is 1. The highest BCUT2D eigenvalue weighted by molar-refractivity contribution is 6.30. The summed E-state index contributed by atoms with van der Waals surface area (Å²) in [5.74, 6) is 0.587. The van der Waals surface area contributed by atoms with Crippen LogP contribution < -0.4 is 0 Å². The van der Waals surface area contributed by atoms with E-state index in [9.17, 15) is 0 Å². The largest absolute Gasteiger partial charge is 0.443 e. The third-order valence-electron chi connectivity index (χ3n) is 1.90. The van der Waals surface area contributed by atoms with E-state index in [0.717, 1.165) is 5.56 Å². The SMILES string of the molecule is OCc1ncoc1-c1ccc(Cl)cc1. The normalized spacial score (nSPS) is 10.4. The molecule has 0 saturated heterocycles. The number of oxazole rings is 1. The third kappa shape index (κ3) is 1.64. The maximum atomic E-state index is 8.97. The van der Waals surface area contributed by atoms with Gasteiger partial charge in [-0.05, 0) is 24.3 Å². The van der Waals surface area contributed by atoms with Crippen molar-refractivity contribution in [3.8, 4) is 11.3 Å². The lowest BCUT2D eigenvalue weighted by Gasteiger charge is -1.98. The van der Waals surface area contributed by atoms with Crippen molar-refractivity contribution in [2.75, 3.05) is 0 Å². The first-order valence-corrected chi connectivity index (χ1v) is 4.48. The highest BCUT2D eigenvalue weighted by Crippen LogP contribution is 2.24. The van der Waals surface area contributed by atoms with Crippen molar-refractivity contribution >= 4 is 11.6 Å². The Morgan fingerprint density at radius 2 is 2.00 bits per heavy atom. The minimum atomic E-state index is -0.130. The molecule has 14 heavy (non-hydrogen) atoms. The molecule has 1 aromatic carbocycles. The second-order valence-electron chi connectivity index (χ2n) is 2.79. The van der Waals surface area contributed by atoms with Crippen LogP contribution in [0.5, 0.6) is 0 Å². The van der Waals surface area contributed by atoms with E-state index in [1.165, 1.54) is 6.39 Å². The molecular formula is C10H8ClNO2. The number of halogens is 1. The second kappa shape index (κ2) is 3.82. The van der Waals surface area contributed by atoms with Crippen molar-refractivity contribution in [2.24, 2.45) is 0 Å². The Morgan fingerprint density at radius 3 is 2.64 bits per heavy atom. The van der Waals surface area contributed by atoms with Gasteiger partial charge in [0.15, 0.2) is 12.2 Å². The van der Waals surface area contributed by atoms with Crippen molar-refractivity contribution in [1.82, 2.24) is 4.98 Å². The quantitative estimate of drug-likeness (QED) is 0.827. The molecule has 3 nitrogen and oxygen atoms in total. The smallest absolute Gasteiger partial charge is 0.181 e. The van der Waals surface area contributed by atoms with Gasteiger partial charge in [-0.15, -0.1) is 0 Å². The van der Waals surface area contributed by atoms with E-state index >= 15 is 0 Å². The molecule has 2 aromatic rings. The van der Waals surface area contributed by atoms with Crippen LogP contribution in [0.4, 0.5) is 0 Å². The zero-order valence-electron chi connectivity index (χ0n) is 7.27. The zero-order valence-corrected chi connectivity index (χ0v) is 8.03. The average Bonchev–Trinajstić information content (AvgIpc) is 2.67. The molecule has 0 radical (unpaired) electrons. The first-order valence-electron chi connectivity index (χ1n) is 4.10. The Bertz CT molecular complexity index is 422. The standard InChI is InChI=1S/C10H8ClNO2/c11-8-3-1-7(2-4-8)10-9(5-13)12-6-14-10/h1-4,6,13H,5H2. The first kappa shape index (κ1) is 9.24. The molecule has 1 heterocycles. The topological polar surface area (TPSA) is 46.3 Å². The number of rotatable bonds is 2. The van der Waals surface area contributed by atoms with Gasteiger partial charge in [-0.3, -0.25) is 0 Å². The van der Waals surface area contributed by atoms with Crippen molar-refractivity contribution in [1.29, 1.82) is 0 Å². The predicted octanol–water partition coefficient (Wildman–Crippen LogP) is 2.49. The van der Waals surface area contributed by atoms with E-state index in [-0.39, 0.29) is 6.61 Å². The van der Waals surface area contributed by atoms with Crippen molar-refractivity contribution in [3.05, 3.63) is 41.4 Å². The predicted molar refractivity (Wildman–Crippen MR) is 52.9 cm³/mol. The molecule has 4 heteroatoms. The first-order chi connectivity index (χ1) is 6.81. The zero-order chi connectivity index (χ0) is 9.97. The van der Waals surface area contributed by atoms with Gasteiger partial charge >= 0.3 is 0 Å². The molecule has 0 spiro atoms. The summed E-state index contributed by atoms with van der Waals surface area (Å²) in [6.45, 7) is -0.130. The van der Waals surface area contributed by atoms with E-state index in [4.69, 9.17) is 21.1 Å². The molecule has 0 atom stereocenters. The summed E-state index contributed by atoms with van der Waals surface area (Å²) in [6.07, 6.45) is 1.31. The fourth-order valence-electron chi connectivity index (χ4n) is 1.22. The molecule has 0 aliphatic heterocycles. The molecule has 0 fully saturated rings. The summed E-state index contributed by atoms with van der Waals surface area (Å²) < 4.78 is 5.17. The number of aliphatic hydroxyl groups is 1. The van der Waals surface area contributed by atoms with Gasteiger partial charge in [0.25, 0.3) is 0 Å². The Hall–Kier alpha value is -1.32. The maximum Gasteiger partial charge on any atom is 0.181 e. The summed E-state index contributed by atoms with van der Waals surface area (Å²) >= 11 is 5.75. The molecule has 0 saturated carbocycles. The van der Waals surface area contributed by atoms with E-state index in [2.05, 4.69) is 4.98 Å². The number of aliphatic hydroxyl groups excluding tert-OH is 1. The van der Waals surface area contributed by atoms with E-state index < -0.39 is 0 Å². The van der Waals surface area contributed by atoms with Crippen LogP contribution in [0.15, 0.2) is 35.1 Å². The van der Waals surface area contributed by atoms with E-state index in [0.29, 0.717) is 16.5 Å². The van der Waals surface area contributed by atoms with Gasteiger partial charge in [0, 0.05) is 10.6 Å². The van der Waals surface area contributed by atoms with Crippen LogP contribution in [0, 0.1) is 0 Å². The second-order valence-corrected chi connectivity index (χ2v) is 3.23. The van der Waals surface area contributed by atoms with Crippen molar-refractivity contribution in [3.63, 3.8) is 0 Å². The van der Waals surface area contributed by atoms with Crippen LogP contribution in [-0.2, 0) is 6.61 Å². The minimum Gasteiger partial charge on any atom is -0.443 e. The van der Waals surface area contributed by atoms with Crippen molar-refractivity contribution < 1.29 is 9.52 Å². The summed E-state index contributed by atoms with van der Waals surface area (Å²) in [5.41, 5.74) is 1.39. The van der Waals surface area contributed by atoms with Gasteiger partial charge in [0.2, 0.25) is 0 Å². The summed E-state index contributed by atoms with van der Waals surface area (Å²) in [6, 6.07) is 7.17. The summed E-state index contributed by atoms with van der Waals surface area (Å²) in [5, 5.41) is 9.64. The van der Waals surface area contributed by atoms with Gasteiger partial charge in [-0.25, -0.2) is 4.98 Å². The monoisotopic (exact) mass is 209 g/mol. The van der Waals surface area contributed by atoms with Gasteiger partial charge in [0.1, 0.15) is 5.69 Å². The lowest BCUT2D eigenvalue weighted by molar-refractivity contribution is 0.277. The Morgan fingerprint density at radius 1 is 1.29 bits per heavy atom. The van der Waals surface area contributed by atoms with Crippen LogP contribution in [0.3, 0.4) is 0 Å². The molecule has 0 bridgehead atoms. The molecule has 0 aliphatic rings. The lowest BCUT2D eigenvalue weighted by atomic mass is 10.1. The molecule has 0 aliphatic carbocycles. The van der Waals surface area contributed by atoms with Crippen LogP contribution in [0.25, 0.3) is 11.3 Å². The van der Waals surface area contributed by atoms with Crippen LogP contribution in [-0.4, -0.2) is 10.1 Å². The molecule has 72 valence electrons. The van der Waals surface area contributed by atoms with Crippen LogP contribution >= 0.6 is 11.6 Å². The van der Waals surface area contributed by atoms with Crippen LogP contribution in [0.1, 0.15) is 5.69 Å². The average molecular weight is 210 g/mol. The van der Waals surface area contributed by atoms with Crippen molar-refractivity contribution in [2.45, 2.75) is 6.61 Å². The number of aromatic nitrogens is 1. The maximum absolute atomic E-state index is 8.97. The van der Waals surface area contributed by atoms with Gasteiger partial charge in [-0.1, -0.05) is 11.6 Å². The third-order valence-corrected chi connectivity index (χ3v) is 2.15. The van der Waals surface area contributed by atoms with Gasteiger partial charge in [0.05, 0.1) is 6.61 Å². The molecule has 1 N–H and O–H groups in total. The number of hydrogen-bond donors (Lipinski definition) is 1. The Balaban J connectivity index is 2.44. The van der Waals surface area contributed by atoms with E-state index in [1.54, 1.807) is 12.1 Å². The van der Waals surface area contributed by atoms with Crippen LogP contribution in [0.2, 0.25) is 5.02 Å². The Kier molecular flexibility index (Phi) is 2.52. The molecule has 0 unspecified atom stereocenters. The fourth-order valence-corrected chi connectivity index (χ4v) is 1.34. The minimum absolute atomic E-state index is 0.130. The fraction of sp³-hybridized carbons (Fsp3) is 0.100. The number of hydrogen-bond acceptors (Lipinski definition) is 3. The molecular weight excluding hydrogens is 202 g/mol. The van der Waals surface area contributed by atoms with E-state index in [1.807, 2.05) is 12.1 Å². The summed E-state index contributed by atoms with van der Waals surface area (Å²) in [7, 11) is 0.